The zero-order valence-electron chi connectivity index (χ0n) is 14.2. The van der Waals surface area contributed by atoms with Gasteiger partial charge < -0.3 is 15.3 Å². The van der Waals surface area contributed by atoms with Gasteiger partial charge in [-0.1, -0.05) is 24.3 Å². The Morgan fingerprint density at radius 1 is 0.960 bits per heavy atom. The Balaban J connectivity index is 0.00000225. The van der Waals surface area contributed by atoms with Crippen molar-refractivity contribution in [3.8, 4) is 5.75 Å². The van der Waals surface area contributed by atoms with E-state index in [9.17, 15) is 14.7 Å². The quantitative estimate of drug-likeness (QED) is 0.540. The van der Waals surface area contributed by atoms with Crippen LogP contribution in [0.3, 0.4) is 0 Å². The standard InChI is InChI=1S/C19H20N2O3.ClH/c1-21(2)11-5-10-20-14-8-9-15(22)17-16(14)18(23)12-6-3-4-7-13(12)19(17)24;/h3-4,6-9,20,22H,5,10-11H2,1-2H3;1H. The van der Waals surface area contributed by atoms with Crippen LogP contribution in [0.5, 0.6) is 5.75 Å². The van der Waals surface area contributed by atoms with Gasteiger partial charge in [-0.25, -0.2) is 0 Å². The lowest BCUT2D eigenvalue weighted by Gasteiger charge is -2.21. The van der Waals surface area contributed by atoms with Crippen LogP contribution >= 0.6 is 12.4 Å². The highest BCUT2D eigenvalue weighted by atomic mass is 35.5. The minimum absolute atomic E-state index is 0. The lowest BCUT2D eigenvalue weighted by Crippen LogP contribution is -2.23. The number of ketones is 2. The second-order valence-electron chi connectivity index (χ2n) is 6.17. The molecule has 1 aliphatic rings. The highest BCUT2D eigenvalue weighted by Gasteiger charge is 2.33. The SMILES string of the molecule is CN(C)CCCNc1ccc(O)c2c1C(=O)c1ccccc1C2=O.Cl. The van der Waals surface area contributed by atoms with E-state index >= 15 is 0 Å². The molecule has 0 spiro atoms. The third kappa shape index (κ3) is 3.52. The molecule has 6 heteroatoms. The number of anilines is 1. The minimum Gasteiger partial charge on any atom is -0.507 e. The number of nitrogens with one attached hydrogen (secondary N) is 1. The van der Waals surface area contributed by atoms with Crippen LogP contribution in [0.25, 0.3) is 0 Å². The van der Waals surface area contributed by atoms with Crippen LogP contribution in [0.1, 0.15) is 38.3 Å². The fraction of sp³-hybridized carbons (Fsp3) is 0.263. The lowest BCUT2D eigenvalue weighted by atomic mass is 9.82. The monoisotopic (exact) mass is 360 g/mol. The molecular weight excluding hydrogens is 340 g/mol. The van der Waals surface area contributed by atoms with Gasteiger partial charge in [-0.15, -0.1) is 12.4 Å². The summed E-state index contributed by atoms with van der Waals surface area (Å²) in [7, 11) is 4.00. The van der Waals surface area contributed by atoms with E-state index in [-0.39, 0.29) is 40.8 Å². The average Bonchev–Trinajstić information content (AvgIpc) is 2.57. The third-order valence-corrected chi connectivity index (χ3v) is 4.15. The zero-order valence-corrected chi connectivity index (χ0v) is 15.0. The van der Waals surface area contributed by atoms with Crippen molar-refractivity contribution in [3.63, 3.8) is 0 Å². The van der Waals surface area contributed by atoms with Gasteiger partial charge >= 0.3 is 0 Å². The van der Waals surface area contributed by atoms with E-state index < -0.39 is 0 Å². The molecule has 0 saturated heterocycles. The van der Waals surface area contributed by atoms with Gasteiger partial charge in [-0.05, 0) is 39.2 Å². The van der Waals surface area contributed by atoms with Crippen LogP contribution < -0.4 is 5.32 Å². The summed E-state index contributed by atoms with van der Waals surface area (Å²) < 4.78 is 0. The molecule has 0 bridgehead atoms. The molecule has 0 fully saturated rings. The molecule has 5 nitrogen and oxygen atoms in total. The first-order chi connectivity index (χ1) is 11.5. The van der Waals surface area contributed by atoms with Crippen molar-refractivity contribution in [2.45, 2.75) is 6.42 Å². The molecule has 0 unspecified atom stereocenters. The van der Waals surface area contributed by atoms with Gasteiger partial charge in [0.25, 0.3) is 0 Å². The van der Waals surface area contributed by atoms with E-state index in [0.29, 0.717) is 23.4 Å². The Morgan fingerprint density at radius 3 is 2.16 bits per heavy atom. The molecule has 0 aromatic heterocycles. The molecule has 0 heterocycles. The molecule has 0 aliphatic heterocycles. The molecule has 0 atom stereocenters. The molecule has 25 heavy (non-hydrogen) atoms. The van der Waals surface area contributed by atoms with E-state index in [1.807, 2.05) is 14.1 Å². The van der Waals surface area contributed by atoms with Crippen LogP contribution in [0.2, 0.25) is 0 Å². The predicted octanol–water partition coefficient (Wildman–Crippen LogP) is 2.95. The number of nitrogens with zero attached hydrogens (tertiary/aromatic N) is 1. The summed E-state index contributed by atoms with van der Waals surface area (Å²) in [6.07, 6.45) is 0.904. The summed E-state index contributed by atoms with van der Waals surface area (Å²) in [4.78, 5) is 27.6. The normalized spacial score (nSPS) is 12.4. The Kier molecular flexibility index (Phi) is 5.82. The topological polar surface area (TPSA) is 69.6 Å². The molecule has 1 aliphatic carbocycles. The first-order valence-electron chi connectivity index (χ1n) is 7.93. The smallest absolute Gasteiger partial charge is 0.198 e. The van der Waals surface area contributed by atoms with Crippen LogP contribution in [0, 0.1) is 0 Å². The van der Waals surface area contributed by atoms with Crippen molar-refractivity contribution >= 4 is 29.7 Å². The summed E-state index contributed by atoms with van der Waals surface area (Å²) in [5, 5.41) is 13.4. The second-order valence-corrected chi connectivity index (χ2v) is 6.17. The number of aromatic hydroxyl groups is 1. The number of rotatable bonds is 5. The van der Waals surface area contributed by atoms with Crippen molar-refractivity contribution in [1.82, 2.24) is 4.90 Å². The van der Waals surface area contributed by atoms with E-state index in [2.05, 4.69) is 10.2 Å². The molecule has 132 valence electrons. The van der Waals surface area contributed by atoms with Gasteiger partial charge in [0, 0.05) is 23.4 Å². The Labute approximate surface area is 153 Å². The highest BCUT2D eigenvalue weighted by molar-refractivity contribution is 6.31. The first kappa shape index (κ1) is 19.0. The summed E-state index contributed by atoms with van der Waals surface area (Å²) >= 11 is 0. The van der Waals surface area contributed by atoms with Gasteiger partial charge in [0.1, 0.15) is 5.75 Å². The number of phenolic OH excluding ortho intramolecular Hbond substituents is 1. The maximum atomic E-state index is 12.9. The molecule has 0 radical (unpaired) electrons. The molecule has 3 rings (SSSR count). The van der Waals surface area contributed by atoms with E-state index in [1.165, 1.54) is 6.07 Å². The number of carbonyl (C=O) groups excluding carboxylic acids is 2. The Hall–Kier alpha value is -2.37. The predicted molar refractivity (Wildman–Crippen MR) is 100 cm³/mol. The Morgan fingerprint density at radius 2 is 1.56 bits per heavy atom. The van der Waals surface area contributed by atoms with Crippen molar-refractivity contribution in [3.05, 3.63) is 58.7 Å². The van der Waals surface area contributed by atoms with Crippen molar-refractivity contribution in [2.75, 3.05) is 32.5 Å². The second kappa shape index (κ2) is 7.68. The number of fused-ring (bicyclic) bond motifs is 2. The van der Waals surface area contributed by atoms with E-state index in [0.717, 1.165) is 13.0 Å². The fourth-order valence-corrected chi connectivity index (χ4v) is 2.97. The highest BCUT2D eigenvalue weighted by Crippen LogP contribution is 2.36. The van der Waals surface area contributed by atoms with Gasteiger partial charge in [0.05, 0.1) is 11.1 Å². The molecule has 0 saturated carbocycles. The van der Waals surface area contributed by atoms with E-state index in [1.54, 1.807) is 30.3 Å². The zero-order chi connectivity index (χ0) is 17.3. The summed E-state index contributed by atoms with van der Waals surface area (Å²) in [5.74, 6) is -0.697. The summed E-state index contributed by atoms with van der Waals surface area (Å²) in [6.45, 7) is 1.60. The number of phenols is 1. The Bertz CT molecular complexity index is 818. The van der Waals surface area contributed by atoms with Gasteiger partial charge in [0.15, 0.2) is 11.6 Å². The summed E-state index contributed by atoms with van der Waals surface area (Å²) in [5.41, 5.74) is 1.68. The van der Waals surface area contributed by atoms with Crippen molar-refractivity contribution < 1.29 is 14.7 Å². The van der Waals surface area contributed by atoms with E-state index in [4.69, 9.17) is 0 Å². The molecule has 0 amide bonds. The fourth-order valence-electron chi connectivity index (χ4n) is 2.97. The van der Waals surface area contributed by atoms with Crippen LogP contribution in [-0.2, 0) is 0 Å². The third-order valence-electron chi connectivity index (χ3n) is 4.15. The molecule has 2 aromatic carbocycles. The minimum atomic E-state index is -0.311. The number of benzene rings is 2. The maximum absolute atomic E-state index is 12.9. The van der Waals surface area contributed by atoms with Crippen molar-refractivity contribution in [2.24, 2.45) is 0 Å². The number of carbonyl (C=O) groups is 2. The van der Waals surface area contributed by atoms with Gasteiger partial charge in [0.2, 0.25) is 0 Å². The first-order valence-corrected chi connectivity index (χ1v) is 7.93. The lowest BCUT2D eigenvalue weighted by molar-refractivity contribution is 0.0977. The van der Waals surface area contributed by atoms with Gasteiger partial charge in [-0.2, -0.15) is 0 Å². The van der Waals surface area contributed by atoms with Crippen LogP contribution in [-0.4, -0.2) is 48.8 Å². The average molecular weight is 361 g/mol. The number of halogens is 1. The van der Waals surface area contributed by atoms with Crippen molar-refractivity contribution in [1.29, 1.82) is 0 Å². The van der Waals surface area contributed by atoms with Crippen LogP contribution in [0.15, 0.2) is 36.4 Å². The molecular formula is C19H21ClN2O3. The molecule has 2 N–H and O–H groups in total. The molecule has 2 aromatic rings. The van der Waals surface area contributed by atoms with Gasteiger partial charge in [-0.3, -0.25) is 9.59 Å². The number of hydrogen-bond acceptors (Lipinski definition) is 5. The summed E-state index contributed by atoms with van der Waals surface area (Å²) in [6, 6.07) is 9.85. The largest absolute Gasteiger partial charge is 0.507 e. The number of hydrogen-bond donors (Lipinski definition) is 2. The van der Waals surface area contributed by atoms with Crippen LogP contribution in [0.4, 0.5) is 5.69 Å². The maximum Gasteiger partial charge on any atom is 0.198 e.